The van der Waals surface area contributed by atoms with Gasteiger partial charge < -0.3 is 26.0 Å². The second kappa shape index (κ2) is 14.7. The summed E-state index contributed by atoms with van der Waals surface area (Å²) in [6, 6.07) is 14.6. The molecule has 3 aromatic carbocycles. The Morgan fingerprint density at radius 1 is 0.854 bits per heavy atom. The van der Waals surface area contributed by atoms with Crippen molar-refractivity contribution in [2.75, 3.05) is 22.5 Å². The lowest BCUT2D eigenvalue weighted by Gasteiger charge is -2.37. The van der Waals surface area contributed by atoms with Gasteiger partial charge in [0.15, 0.2) is 0 Å². The monoisotopic (exact) mass is 752 g/mol. The lowest BCUT2D eigenvalue weighted by atomic mass is 9.82. The number of benzene rings is 3. The van der Waals surface area contributed by atoms with Gasteiger partial charge in [0.2, 0.25) is 11.8 Å². The Morgan fingerprint density at radius 3 is 2.21 bits per heavy atom. The molecule has 2 aliphatic rings. The van der Waals surface area contributed by atoms with Crippen molar-refractivity contribution in [2.24, 2.45) is 5.92 Å². The molecule has 14 heteroatoms. The molecule has 0 radical (unpaired) electrons. The van der Waals surface area contributed by atoms with Gasteiger partial charge in [-0.2, -0.15) is 0 Å². The van der Waals surface area contributed by atoms with E-state index in [0.717, 1.165) is 19.3 Å². The van der Waals surface area contributed by atoms with Crippen LogP contribution in [0, 0.1) is 12.8 Å². The van der Waals surface area contributed by atoms with E-state index in [1.807, 2.05) is 6.92 Å². The average Bonchev–Trinajstić information content (AvgIpc) is 3.59. The van der Waals surface area contributed by atoms with Gasteiger partial charge in [0.1, 0.15) is 9.93 Å². The molecular weight excluding hydrogens is 722 g/mol. The van der Waals surface area contributed by atoms with Crippen molar-refractivity contribution in [3.63, 3.8) is 0 Å². The molecule has 0 saturated heterocycles. The van der Waals surface area contributed by atoms with E-state index in [-0.39, 0.29) is 28.5 Å². The van der Waals surface area contributed by atoms with Crippen LogP contribution in [0.25, 0.3) is 0 Å². The normalized spacial score (nSPS) is 18.6. The van der Waals surface area contributed by atoms with Crippen LogP contribution >= 0.6 is 58.0 Å². The Labute approximate surface area is 303 Å². The Hall–Kier alpha value is -3.21. The number of rotatable bonds is 11. The number of alkyl carbamates (subject to hydrolysis) is 1. The molecular formula is C34H33Cl5N4O5. The molecule has 2 aliphatic carbocycles. The molecule has 3 aromatic rings. The molecule has 0 aliphatic heterocycles. The van der Waals surface area contributed by atoms with E-state index in [1.165, 1.54) is 12.1 Å². The third-order valence-corrected chi connectivity index (χ3v) is 10.5. The highest BCUT2D eigenvalue weighted by Gasteiger charge is 2.67. The van der Waals surface area contributed by atoms with Crippen LogP contribution in [-0.4, -0.2) is 40.3 Å². The van der Waals surface area contributed by atoms with Crippen molar-refractivity contribution in [3.05, 3.63) is 86.4 Å². The molecule has 2 atom stereocenters. The summed E-state index contributed by atoms with van der Waals surface area (Å²) in [7, 11) is 0. The van der Waals surface area contributed by atoms with Crippen LogP contribution in [0.15, 0.2) is 54.6 Å². The molecule has 9 nitrogen and oxygen atoms in total. The summed E-state index contributed by atoms with van der Waals surface area (Å²) in [4.78, 5) is 50.8. The molecule has 2 saturated carbocycles. The summed E-state index contributed by atoms with van der Waals surface area (Å²) in [5.41, 5.74) is 2.51. The van der Waals surface area contributed by atoms with Crippen LogP contribution in [0.2, 0.25) is 15.1 Å². The van der Waals surface area contributed by atoms with E-state index in [0.29, 0.717) is 51.2 Å². The smallest absolute Gasteiger partial charge is 0.407 e. The summed E-state index contributed by atoms with van der Waals surface area (Å²) < 4.78 is 4.06. The van der Waals surface area contributed by atoms with Crippen LogP contribution in [0.3, 0.4) is 0 Å². The summed E-state index contributed by atoms with van der Waals surface area (Å²) in [6.45, 7) is 4.02. The van der Waals surface area contributed by atoms with Crippen molar-refractivity contribution in [3.8, 4) is 0 Å². The van der Waals surface area contributed by atoms with Crippen LogP contribution in [-0.2, 0) is 14.3 Å². The van der Waals surface area contributed by atoms with E-state index >= 15 is 0 Å². The fourth-order valence-electron chi connectivity index (χ4n) is 5.54. The maximum Gasteiger partial charge on any atom is 0.407 e. The SMILES string of the molecule is Cc1cc(NC(=O)CCCNC(=O)OC2(C)CCC2)ccc1NC(=O)c1cc(NC(=O)C2C(c3ccc(Cl)c(Cl)c3)C2(Cl)Cl)ccc1Cl. The van der Waals surface area contributed by atoms with Gasteiger partial charge in [-0.05, 0) is 99.2 Å². The van der Waals surface area contributed by atoms with Crippen molar-refractivity contribution in [1.29, 1.82) is 0 Å². The molecule has 4 amide bonds. The fourth-order valence-corrected chi connectivity index (χ4v) is 6.88. The Kier molecular flexibility index (Phi) is 11.1. The molecule has 4 N–H and O–H groups in total. The lowest BCUT2D eigenvalue weighted by molar-refractivity contribution is -0.117. The third-order valence-electron chi connectivity index (χ3n) is 8.48. The minimum Gasteiger partial charge on any atom is -0.443 e. The first-order valence-corrected chi connectivity index (χ1v) is 17.2. The number of ether oxygens (including phenoxy) is 1. The summed E-state index contributed by atoms with van der Waals surface area (Å²) in [6.07, 6.45) is 2.96. The molecule has 2 fully saturated rings. The number of hydrogen-bond acceptors (Lipinski definition) is 5. The van der Waals surface area contributed by atoms with E-state index in [1.54, 1.807) is 49.4 Å². The highest BCUT2D eigenvalue weighted by atomic mass is 35.5. The van der Waals surface area contributed by atoms with E-state index in [2.05, 4.69) is 21.3 Å². The minimum atomic E-state index is -1.35. The molecule has 48 heavy (non-hydrogen) atoms. The summed E-state index contributed by atoms with van der Waals surface area (Å²) in [5.74, 6) is -2.43. The number of alkyl halides is 2. The van der Waals surface area contributed by atoms with Gasteiger partial charge in [-0.3, -0.25) is 14.4 Å². The topological polar surface area (TPSA) is 126 Å². The first-order chi connectivity index (χ1) is 22.7. The van der Waals surface area contributed by atoms with Gasteiger partial charge >= 0.3 is 6.09 Å². The van der Waals surface area contributed by atoms with Crippen molar-refractivity contribution < 1.29 is 23.9 Å². The van der Waals surface area contributed by atoms with Crippen molar-refractivity contribution >= 4 is 98.9 Å². The zero-order valence-electron chi connectivity index (χ0n) is 26.0. The number of aryl methyl sites for hydroxylation is 1. The predicted octanol–water partition coefficient (Wildman–Crippen LogP) is 9.12. The first kappa shape index (κ1) is 36.1. The third kappa shape index (κ3) is 8.50. The second-order valence-electron chi connectivity index (χ2n) is 12.2. The summed E-state index contributed by atoms with van der Waals surface area (Å²) >= 11 is 31.5. The van der Waals surface area contributed by atoms with Gasteiger partial charge in [-0.15, -0.1) is 23.2 Å². The van der Waals surface area contributed by atoms with Crippen LogP contribution in [0.5, 0.6) is 0 Å². The van der Waals surface area contributed by atoms with Crippen LogP contribution in [0.4, 0.5) is 21.9 Å². The van der Waals surface area contributed by atoms with E-state index in [4.69, 9.17) is 62.7 Å². The van der Waals surface area contributed by atoms with E-state index < -0.39 is 34.1 Å². The minimum absolute atomic E-state index is 0.130. The maximum atomic E-state index is 13.2. The number of amides is 4. The van der Waals surface area contributed by atoms with Crippen LogP contribution in [0.1, 0.15) is 66.4 Å². The number of nitrogens with one attached hydrogen (secondary N) is 4. The molecule has 0 aromatic heterocycles. The molecule has 0 bridgehead atoms. The average molecular weight is 755 g/mol. The Morgan fingerprint density at radius 2 is 1.54 bits per heavy atom. The maximum absolute atomic E-state index is 13.2. The molecule has 0 heterocycles. The second-order valence-corrected chi connectivity index (χ2v) is 14.9. The number of carbonyl (C=O) groups excluding carboxylic acids is 4. The largest absolute Gasteiger partial charge is 0.443 e. The molecule has 5 rings (SSSR count). The van der Waals surface area contributed by atoms with Gasteiger partial charge in [0.05, 0.1) is 26.5 Å². The quantitative estimate of drug-likeness (QED) is 0.115. The molecule has 254 valence electrons. The number of hydrogen-bond donors (Lipinski definition) is 4. The Bertz CT molecular complexity index is 1760. The zero-order valence-corrected chi connectivity index (χ0v) is 29.8. The van der Waals surface area contributed by atoms with Crippen molar-refractivity contribution in [1.82, 2.24) is 5.32 Å². The first-order valence-electron chi connectivity index (χ1n) is 15.3. The zero-order chi connectivity index (χ0) is 34.8. The Balaban J connectivity index is 1.13. The molecule has 2 unspecified atom stereocenters. The standard InChI is InChI=1S/C34H33Cl5N4O5/c1-18-15-20(41-27(44)5-3-14-40-32(47)48-33(2)12-4-13-33)8-11-26(18)43-30(45)22-17-21(7-10-23(22)35)42-31(46)29-28(34(29,38)39)19-6-9-24(36)25(37)16-19/h6-11,15-17,28-29H,3-5,12-14H2,1-2H3,(H,40,47)(H,41,44)(H,42,46)(H,43,45). The van der Waals surface area contributed by atoms with Crippen molar-refractivity contribution in [2.45, 2.75) is 61.8 Å². The van der Waals surface area contributed by atoms with E-state index in [9.17, 15) is 19.2 Å². The fraction of sp³-hybridized carbons (Fsp3) is 0.353. The number of carbonyl (C=O) groups is 4. The predicted molar refractivity (Wildman–Crippen MR) is 191 cm³/mol. The van der Waals surface area contributed by atoms with Gasteiger partial charge in [-0.25, -0.2) is 4.79 Å². The highest BCUT2D eigenvalue weighted by Crippen LogP contribution is 2.65. The number of halogens is 5. The number of anilines is 3. The highest BCUT2D eigenvalue weighted by molar-refractivity contribution is 6.53. The lowest BCUT2D eigenvalue weighted by Crippen LogP contribution is -2.42. The summed E-state index contributed by atoms with van der Waals surface area (Å²) in [5, 5.41) is 12.0. The van der Waals surface area contributed by atoms with Gasteiger partial charge in [0, 0.05) is 35.9 Å². The van der Waals surface area contributed by atoms with Gasteiger partial charge in [0.25, 0.3) is 5.91 Å². The molecule has 0 spiro atoms. The van der Waals surface area contributed by atoms with Gasteiger partial charge in [-0.1, -0.05) is 40.9 Å². The van der Waals surface area contributed by atoms with Crippen LogP contribution < -0.4 is 21.3 Å².